The molecule has 138 valence electrons. The number of rotatable bonds is 7. The summed E-state index contributed by atoms with van der Waals surface area (Å²) >= 11 is 1.60. The Morgan fingerprint density at radius 1 is 1.04 bits per heavy atom. The van der Waals surface area contributed by atoms with Gasteiger partial charge in [0.25, 0.3) is 5.91 Å². The van der Waals surface area contributed by atoms with Crippen molar-refractivity contribution in [1.29, 1.82) is 0 Å². The highest BCUT2D eigenvalue weighted by molar-refractivity contribution is 7.12. The van der Waals surface area contributed by atoms with Crippen molar-refractivity contribution in [2.45, 2.75) is 33.2 Å². The van der Waals surface area contributed by atoms with E-state index >= 15 is 0 Å². The summed E-state index contributed by atoms with van der Waals surface area (Å²) < 4.78 is 0. The second kappa shape index (κ2) is 8.76. The highest BCUT2D eigenvalue weighted by Gasteiger charge is 2.14. The van der Waals surface area contributed by atoms with E-state index in [4.69, 9.17) is 0 Å². The van der Waals surface area contributed by atoms with Crippen LogP contribution < -0.4 is 5.32 Å². The molecule has 1 aromatic heterocycles. The van der Waals surface area contributed by atoms with Crippen molar-refractivity contribution in [3.05, 3.63) is 56.8 Å². The second-order valence-electron chi connectivity index (χ2n) is 6.42. The van der Waals surface area contributed by atoms with Crippen molar-refractivity contribution >= 4 is 28.9 Å². The minimum Gasteiger partial charge on any atom is -0.352 e. The Kier molecular flexibility index (Phi) is 6.69. The fraction of sp³-hybridized carbons (Fsp3) is 0.350. The highest BCUT2D eigenvalue weighted by Crippen LogP contribution is 2.22. The van der Waals surface area contributed by atoms with E-state index in [0.29, 0.717) is 12.1 Å². The van der Waals surface area contributed by atoms with E-state index in [1.54, 1.807) is 37.6 Å². The number of carbonyl (C=O) groups excluding carboxylic acids is 3. The van der Waals surface area contributed by atoms with Crippen LogP contribution in [0.2, 0.25) is 0 Å². The number of nitrogens with one attached hydrogen (secondary N) is 1. The van der Waals surface area contributed by atoms with Crippen LogP contribution in [0.25, 0.3) is 0 Å². The van der Waals surface area contributed by atoms with E-state index in [1.807, 2.05) is 32.0 Å². The summed E-state index contributed by atoms with van der Waals surface area (Å²) in [5.41, 5.74) is 2.24. The number of carbonyl (C=O) groups is 3. The quantitative estimate of drug-likeness (QED) is 0.758. The molecule has 2 amide bonds. The van der Waals surface area contributed by atoms with Gasteiger partial charge in [0.1, 0.15) is 0 Å². The zero-order valence-corrected chi connectivity index (χ0v) is 16.4. The van der Waals surface area contributed by atoms with Gasteiger partial charge in [-0.05, 0) is 37.6 Å². The Bertz CT molecular complexity index is 807. The Labute approximate surface area is 158 Å². The molecular formula is C20H24N2O3S. The number of hydrogen-bond donors (Lipinski definition) is 1. The van der Waals surface area contributed by atoms with Gasteiger partial charge in [-0.25, -0.2) is 0 Å². The van der Waals surface area contributed by atoms with Crippen LogP contribution in [0.4, 0.5) is 0 Å². The summed E-state index contributed by atoms with van der Waals surface area (Å²) in [5.74, 6) is -0.206. The molecule has 2 rings (SSSR count). The van der Waals surface area contributed by atoms with Crippen molar-refractivity contribution < 1.29 is 14.4 Å². The van der Waals surface area contributed by atoms with E-state index in [9.17, 15) is 14.4 Å². The van der Waals surface area contributed by atoms with Crippen LogP contribution in [0.5, 0.6) is 0 Å². The molecule has 6 heteroatoms. The van der Waals surface area contributed by atoms with E-state index in [2.05, 4.69) is 5.32 Å². The van der Waals surface area contributed by atoms with Crippen molar-refractivity contribution in [2.75, 3.05) is 14.1 Å². The summed E-state index contributed by atoms with van der Waals surface area (Å²) in [5, 5.41) is 2.81. The predicted molar refractivity (Wildman–Crippen MR) is 104 cm³/mol. The molecule has 0 aliphatic heterocycles. The lowest BCUT2D eigenvalue weighted by molar-refractivity contribution is -0.121. The lowest BCUT2D eigenvalue weighted by Crippen LogP contribution is -2.24. The zero-order valence-electron chi connectivity index (χ0n) is 15.6. The Morgan fingerprint density at radius 2 is 1.69 bits per heavy atom. The zero-order chi connectivity index (χ0) is 19.3. The first-order chi connectivity index (χ1) is 12.3. The molecule has 0 atom stereocenters. The molecule has 0 bridgehead atoms. The molecule has 0 radical (unpaired) electrons. The van der Waals surface area contributed by atoms with Gasteiger partial charge < -0.3 is 10.2 Å². The van der Waals surface area contributed by atoms with Crippen LogP contribution in [-0.2, 0) is 11.3 Å². The molecule has 0 fully saturated rings. The second-order valence-corrected chi connectivity index (χ2v) is 7.88. The van der Waals surface area contributed by atoms with Gasteiger partial charge in [-0.15, -0.1) is 11.3 Å². The van der Waals surface area contributed by atoms with Crippen LogP contribution in [0.15, 0.2) is 30.3 Å². The van der Waals surface area contributed by atoms with Gasteiger partial charge in [-0.1, -0.05) is 12.1 Å². The van der Waals surface area contributed by atoms with Gasteiger partial charge >= 0.3 is 0 Å². The molecule has 0 aliphatic carbocycles. The Hall–Kier alpha value is -2.47. The van der Waals surface area contributed by atoms with E-state index < -0.39 is 0 Å². The number of amides is 2. The molecule has 0 saturated heterocycles. The fourth-order valence-corrected chi connectivity index (χ4v) is 3.52. The van der Waals surface area contributed by atoms with Crippen LogP contribution in [0, 0.1) is 13.8 Å². The molecule has 2 aromatic rings. The first-order valence-corrected chi connectivity index (χ1v) is 9.27. The molecule has 1 N–H and O–H groups in total. The number of thiophene rings is 1. The standard InChI is InChI=1S/C20H24N2O3S/c1-13-11-17(14(2)26-13)18(23)9-10-19(24)21-12-15-5-7-16(8-6-15)20(25)22(3)4/h5-8,11H,9-10,12H2,1-4H3,(H,21,24). The van der Waals surface area contributed by atoms with Crippen molar-refractivity contribution in [1.82, 2.24) is 10.2 Å². The summed E-state index contributed by atoms with van der Waals surface area (Å²) in [6.07, 6.45) is 0.378. The van der Waals surface area contributed by atoms with Crippen molar-refractivity contribution in [3.8, 4) is 0 Å². The van der Waals surface area contributed by atoms with Crippen LogP contribution in [-0.4, -0.2) is 36.6 Å². The van der Waals surface area contributed by atoms with E-state index in [-0.39, 0.29) is 30.4 Å². The fourth-order valence-electron chi connectivity index (χ4n) is 2.58. The van der Waals surface area contributed by atoms with Gasteiger partial charge in [0, 0.05) is 54.4 Å². The van der Waals surface area contributed by atoms with E-state index in [1.165, 1.54) is 4.90 Å². The maximum Gasteiger partial charge on any atom is 0.253 e. The SMILES string of the molecule is Cc1cc(C(=O)CCC(=O)NCc2ccc(C(=O)N(C)C)cc2)c(C)s1. The molecular weight excluding hydrogens is 348 g/mol. The van der Waals surface area contributed by atoms with Gasteiger partial charge in [-0.2, -0.15) is 0 Å². The third-order valence-electron chi connectivity index (χ3n) is 4.02. The van der Waals surface area contributed by atoms with Crippen LogP contribution >= 0.6 is 11.3 Å². The number of aryl methyl sites for hydroxylation is 2. The summed E-state index contributed by atoms with van der Waals surface area (Å²) in [4.78, 5) is 39.6. The third-order valence-corrected chi connectivity index (χ3v) is 4.98. The average molecular weight is 372 g/mol. The molecule has 0 saturated carbocycles. The summed E-state index contributed by atoms with van der Waals surface area (Å²) in [6, 6.07) is 9.01. The third kappa shape index (κ3) is 5.26. The minimum atomic E-state index is -0.156. The number of ketones is 1. The predicted octanol–water partition coefficient (Wildman–Crippen LogP) is 3.35. The molecule has 26 heavy (non-hydrogen) atoms. The average Bonchev–Trinajstić information content (AvgIpc) is 2.95. The smallest absolute Gasteiger partial charge is 0.253 e. The lowest BCUT2D eigenvalue weighted by atomic mass is 10.1. The first-order valence-electron chi connectivity index (χ1n) is 8.45. The maximum atomic E-state index is 12.2. The molecule has 1 aromatic carbocycles. The number of Topliss-reactive ketones (excluding diaryl/α,β-unsaturated/α-hetero) is 1. The van der Waals surface area contributed by atoms with Crippen LogP contribution in [0.3, 0.4) is 0 Å². The molecule has 0 unspecified atom stereocenters. The van der Waals surface area contributed by atoms with Crippen molar-refractivity contribution in [3.63, 3.8) is 0 Å². The van der Waals surface area contributed by atoms with Crippen LogP contribution in [0.1, 0.15) is 48.9 Å². The van der Waals surface area contributed by atoms with E-state index in [0.717, 1.165) is 20.9 Å². The van der Waals surface area contributed by atoms with Gasteiger partial charge in [0.15, 0.2) is 5.78 Å². The lowest BCUT2D eigenvalue weighted by Gasteiger charge is -2.11. The Balaban J connectivity index is 1.80. The monoisotopic (exact) mass is 372 g/mol. The summed E-state index contributed by atoms with van der Waals surface area (Å²) in [7, 11) is 3.41. The van der Waals surface area contributed by atoms with Gasteiger partial charge in [0.2, 0.25) is 5.91 Å². The largest absolute Gasteiger partial charge is 0.352 e. The number of hydrogen-bond acceptors (Lipinski definition) is 4. The Morgan fingerprint density at radius 3 is 2.23 bits per heavy atom. The van der Waals surface area contributed by atoms with Crippen molar-refractivity contribution in [2.24, 2.45) is 0 Å². The number of nitrogens with zero attached hydrogens (tertiary/aromatic N) is 1. The molecule has 1 heterocycles. The topological polar surface area (TPSA) is 66.5 Å². The van der Waals surface area contributed by atoms with Gasteiger partial charge in [0.05, 0.1) is 0 Å². The minimum absolute atomic E-state index is 0.00792. The number of benzene rings is 1. The summed E-state index contributed by atoms with van der Waals surface area (Å²) in [6.45, 7) is 4.27. The molecule has 0 spiro atoms. The first kappa shape index (κ1) is 19.8. The molecule has 5 nitrogen and oxygen atoms in total. The molecule has 0 aliphatic rings. The maximum absolute atomic E-state index is 12.2. The van der Waals surface area contributed by atoms with Gasteiger partial charge in [-0.3, -0.25) is 14.4 Å². The normalized spacial score (nSPS) is 10.5. The highest BCUT2D eigenvalue weighted by atomic mass is 32.1.